The molecule has 2 rings (SSSR count). The molecule has 0 atom stereocenters. The van der Waals surface area contributed by atoms with Gasteiger partial charge in [0.15, 0.2) is 0 Å². The minimum atomic E-state index is -0.225. The van der Waals surface area contributed by atoms with E-state index in [2.05, 4.69) is 6.92 Å². The first-order valence-corrected chi connectivity index (χ1v) is 7.71. The third kappa shape index (κ3) is 5.30. The van der Waals surface area contributed by atoms with E-state index in [0.717, 1.165) is 30.4 Å². The zero-order valence-corrected chi connectivity index (χ0v) is 13.1. The Hall–Kier alpha value is -1.70. The van der Waals surface area contributed by atoms with Gasteiger partial charge in [0, 0.05) is 5.92 Å². The zero-order valence-electron chi connectivity index (χ0n) is 13.1. The Balaban J connectivity index is 0.00000106. The largest absolute Gasteiger partial charge is 0.207 e. The van der Waals surface area contributed by atoms with Gasteiger partial charge in [-0.3, -0.25) is 0 Å². The van der Waals surface area contributed by atoms with Gasteiger partial charge in [-0.25, -0.2) is 8.78 Å². The standard InChI is InChI=1S/C17H18F2.C2H6/c1-2-3-4-17(13-5-9-15(18)10-6-13)14-7-11-16(19)12-8-14;1-2/h5-12,17H,2-4H2,1H3;1-2H3. The summed E-state index contributed by atoms with van der Waals surface area (Å²) in [4.78, 5) is 0. The maximum Gasteiger partial charge on any atom is 0.123 e. The summed E-state index contributed by atoms with van der Waals surface area (Å²) in [6.45, 7) is 6.15. The van der Waals surface area contributed by atoms with Crippen LogP contribution >= 0.6 is 0 Å². The number of unbranched alkanes of at least 4 members (excludes halogenated alkanes) is 1. The maximum absolute atomic E-state index is 13.0. The van der Waals surface area contributed by atoms with E-state index in [9.17, 15) is 8.78 Å². The molecule has 0 fully saturated rings. The molecular weight excluding hydrogens is 266 g/mol. The molecule has 0 nitrogen and oxygen atoms in total. The topological polar surface area (TPSA) is 0 Å². The van der Waals surface area contributed by atoms with Gasteiger partial charge in [0.05, 0.1) is 0 Å². The normalized spacial score (nSPS) is 10.2. The van der Waals surface area contributed by atoms with Crippen molar-refractivity contribution in [3.63, 3.8) is 0 Å². The predicted molar refractivity (Wildman–Crippen MR) is 85.5 cm³/mol. The first-order valence-electron chi connectivity index (χ1n) is 7.71. The van der Waals surface area contributed by atoms with Crippen LogP contribution in [0.2, 0.25) is 0 Å². The van der Waals surface area contributed by atoms with E-state index in [1.54, 1.807) is 0 Å². The monoisotopic (exact) mass is 290 g/mol. The molecule has 0 aliphatic rings. The summed E-state index contributed by atoms with van der Waals surface area (Å²) < 4.78 is 26.0. The highest BCUT2D eigenvalue weighted by Gasteiger charge is 2.13. The van der Waals surface area contributed by atoms with E-state index < -0.39 is 0 Å². The Kier molecular flexibility index (Phi) is 7.66. The highest BCUT2D eigenvalue weighted by atomic mass is 19.1. The summed E-state index contributed by atoms with van der Waals surface area (Å²) in [7, 11) is 0. The minimum Gasteiger partial charge on any atom is -0.207 e. The molecule has 0 aliphatic heterocycles. The molecule has 2 aromatic rings. The van der Waals surface area contributed by atoms with Gasteiger partial charge < -0.3 is 0 Å². The van der Waals surface area contributed by atoms with Crippen molar-refractivity contribution in [3.05, 3.63) is 71.3 Å². The number of hydrogen-bond donors (Lipinski definition) is 0. The Labute approximate surface area is 126 Å². The molecule has 0 amide bonds. The molecule has 114 valence electrons. The second kappa shape index (κ2) is 9.28. The lowest BCUT2D eigenvalue weighted by molar-refractivity contribution is 0.616. The van der Waals surface area contributed by atoms with Gasteiger partial charge in [-0.05, 0) is 41.8 Å². The molecule has 0 heterocycles. The van der Waals surface area contributed by atoms with Crippen LogP contribution in [0.5, 0.6) is 0 Å². The van der Waals surface area contributed by atoms with E-state index in [1.165, 1.54) is 24.3 Å². The molecule has 0 spiro atoms. The fourth-order valence-electron chi connectivity index (χ4n) is 2.32. The summed E-state index contributed by atoms with van der Waals surface area (Å²) in [5.41, 5.74) is 2.17. The third-order valence-electron chi connectivity index (χ3n) is 3.39. The van der Waals surface area contributed by atoms with Crippen molar-refractivity contribution in [2.45, 2.75) is 46.0 Å². The second-order valence-corrected chi connectivity index (χ2v) is 4.80. The van der Waals surface area contributed by atoms with Crippen molar-refractivity contribution >= 4 is 0 Å². The van der Waals surface area contributed by atoms with E-state index in [-0.39, 0.29) is 17.6 Å². The lowest BCUT2D eigenvalue weighted by Gasteiger charge is -2.18. The SMILES string of the molecule is CC.CCCCC(c1ccc(F)cc1)c1ccc(F)cc1. The Morgan fingerprint density at radius 3 is 1.48 bits per heavy atom. The van der Waals surface area contributed by atoms with Crippen LogP contribution in [0, 0.1) is 11.6 Å². The van der Waals surface area contributed by atoms with Crippen LogP contribution in [0.1, 0.15) is 57.1 Å². The Bertz CT molecular complexity index is 455. The van der Waals surface area contributed by atoms with Gasteiger partial charge in [-0.1, -0.05) is 57.9 Å². The quantitative estimate of drug-likeness (QED) is 0.605. The van der Waals surface area contributed by atoms with Crippen LogP contribution in [0.15, 0.2) is 48.5 Å². The van der Waals surface area contributed by atoms with Gasteiger partial charge in [0.1, 0.15) is 11.6 Å². The molecule has 0 N–H and O–H groups in total. The number of halogens is 2. The first-order chi connectivity index (χ1) is 10.2. The molecule has 2 aromatic carbocycles. The fraction of sp³-hybridized carbons (Fsp3) is 0.368. The summed E-state index contributed by atoms with van der Waals surface area (Å²) >= 11 is 0. The van der Waals surface area contributed by atoms with Crippen molar-refractivity contribution in [3.8, 4) is 0 Å². The predicted octanol–water partition coefficient (Wildman–Crippen LogP) is 6.31. The van der Waals surface area contributed by atoms with Gasteiger partial charge in [-0.15, -0.1) is 0 Å². The van der Waals surface area contributed by atoms with E-state index in [0.29, 0.717) is 0 Å². The smallest absolute Gasteiger partial charge is 0.123 e. The average Bonchev–Trinajstić information content (AvgIpc) is 2.53. The highest BCUT2D eigenvalue weighted by Crippen LogP contribution is 2.30. The lowest BCUT2D eigenvalue weighted by Crippen LogP contribution is -2.01. The van der Waals surface area contributed by atoms with E-state index in [1.807, 2.05) is 38.1 Å². The molecule has 21 heavy (non-hydrogen) atoms. The molecule has 0 aromatic heterocycles. The van der Waals surface area contributed by atoms with Crippen molar-refractivity contribution in [2.75, 3.05) is 0 Å². The second-order valence-electron chi connectivity index (χ2n) is 4.80. The van der Waals surface area contributed by atoms with Crippen molar-refractivity contribution in [1.82, 2.24) is 0 Å². The van der Waals surface area contributed by atoms with Gasteiger partial charge >= 0.3 is 0 Å². The Morgan fingerprint density at radius 2 is 1.14 bits per heavy atom. The van der Waals surface area contributed by atoms with Crippen molar-refractivity contribution < 1.29 is 8.78 Å². The van der Waals surface area contributed by atoms with E-state index in [4.69, 9.17) is 0 Å². The van der Waals surface area contributed by atoms with Crippen LogP contribution in [-0.2, 0) is 0 Å². The summed E-state index contributed by atoms with van der Waals surface area (Å²) in [5, 5.41) is 0. The van der Waals surface area contributed by atoms with Gasteiger partial charge in [0.25, 0.3) is 0 Å². The van der Waals surface area contributed by atoms with Gasteiger partial charge in [-0.2, -0.15) is 0 Å². The minimum absolute atomic E-state index is 0.209. The van der Waals surface area contributed by atoms with Crippen LogP contribution < -0.4 is 0 Å². The van der Waals surface area contributed by atoms with Crippen molar-refractivity contribution in [2.24, 2.45) is 0 Å². The van der Waals surface area contributed by atoms with Crippen LogP contribution in [0.25, 0.3) is 0 Å². The highest BCUT2D eigenvalue weighted by molar-refractivity contribution is 5.32. The Morgan fingerprint density at radius 1 is 0.762 bits per heavy atom. The molecule has 0 saturated carbocycles. The van der Waals surface area contributed by atoms with E-state index >= 15 is 0 Å². The van der Waals surface area contributed by atoms with Crippen molar-refractivity contribution in [1.29, 1.82) is 0 Å². The lowest BCUT2D eigenvalue weighted by atomic mass is 9.87. The molecule has 0 radical (unpaired) electrons. The fourth-order valence-corrected chi connectivity index (χ4v) is 2.32. The maximum atomic E-state index is 13.0. The third-order valence-corrected chi connectivity index (χ3v) is 3.39. The molecule has 2 heteroatoms. The number of benzene rings is 2. The van der Waals surface area contributed by atoms with Crippen LogP contribution in [-0.4, -0.2) is 0 Å². The molecular formula is C19H24F2. The number of hydrogen-bond acceptors (Lipinski definition) is 0. The average molecular weight is 290 g/mol. The molecule has 0 saturated heterocycles. The van der Waals surface area contributed by atoms with Gasteiger partial charge in [0.2, 0.25) is 0 Å². The molecule has 0 unspecified atom stereocenters. The molecule has 0 bridgehead atoms. The summed E-state index contributed by atoms with van der Waals surface area (Å²) in [5.74, 6) is -0.240. The molecule has 0 aliphatic carbocycles. The number of rotatable bonds is 5. The first kappa shape index (κ1) is 17.4. The van der Waals surface area contributed by atoms with Crippen LogP contribution in [0.3, 0.4) is 0 Å². The summed E-state index contributed by atoms with van der Waals surface area (Å²) in [6.07, 6.45) is 3.20. The van der Waals surface area contributed by atoms with Crippen LogP contribution in [0.4, 0.5) is 8.78 Å². The summed E-state index contributed by atoms with van der Waals surface area (Å²) in [6, 6.07) is 13.2. The zero-order chi connectivity index (χ0) is 15.7.